The Morgan fingerprint density at radius 2 is 2.44 bits per heavy atom. The minimum atomic E-state index is -0.277. The summed E-state index contributed by atoms with van der Waals surface area (Å²) in [4.78, 5) is 11.6. The quantitative estimate of drug-likeness (QED) is 0.833. The highest BCUT2D eigenvalue weighted by Crippen LogP contribution is 2.16. The van der Waals surface area contributed by atoms with Crippen LogP contribution >= 0.6 is 0 Å². The highest BCUT2D eigenvalue weighted by atomic mass is 16.5. The van der Waals surface area contributed by atoms with E-state index >= 15 is 0 Å². The molecular formula is C14H19NO3. The number of rotatable bonds is 4. The van der Waals surface area contributed by atoms with Gasteiger partial charge >= 0.3 is 5.97 Å². The van der Waals surface area contributed by atoms with Gasteiger partial charge in [0.2, 0.25) is 0 Å². The number of hydrogen-bond acceptors (Lipinski definition) is 4. The summed E-state index contributed by atoms with van der Waals surface area (Å²) in [6.45, 7) is 3.77. The monoisotopic (exact) mass is 249 g/mol. The maximum atomic E-state index is 11.6. The summed E-state index contributed by atoms with van der Waals surface area (Å²) in [7, 11) is 0. The number of hydrogen-bond donors (Lipinski definition) is 1. The lowest BCUT2D eigenvalue weighted by molar-refractivity contribution is 0.0526. The molecule has 0 spiro atoms. The molecule has 0 aromatic heterocycles. The van der Waals surface area contributed by atoms with Gasteiger partial charge in [-0.25, -0.2) is 4.79 Å². The molecule has 1 heterocycles. The lowest BCUT2D eigenvalue weighted by Crippen LogP contribution is -2.29. The van der Waals surface area contributed by atoms with Crippen molar-refractivity contribution >= 4 is 11.7 Å². The summed E-state index contributed by atoms with van der Waals surface area (Å²) in [6, 6.07) is 7.74. The first-order valence-corrected chi connectivity index (χ1v) is 6.41. The summed E-state index contributed by atoms with van der Waals surface area (Å²) < 4.78 is 10.4. The standard InChI is InChI=1S/C14H19NO3/c1-2-18-14(16)11-5-3-6-12(9-11)15-13-7-4-8-17-10-13/h3,5-6,9,13,15H,2,4,7-8,10H2,1H3. The largest absolute Gasteiger partial charge is 0.462 e. The molecule has 1 N–H and O–H groups in total. The molecular weight excluding hydrogens is 230 g/mol. The fraction of sp³-hybridized carbons (Fsp3) is 0.500. The predicted octanol–water partition coefficient (Wildman–Crippen LogP) is 2.45. The van der Waals surface area contributed by atoms with Crippen molar-refractivity contribution in [1.29, 1.82) is 0 Å². The van der Waals surface area contributed by atoms with Crippen molar-refractivity contribution in [3.8, 4) is 0 Å². The van der Waals surface area contributed by atoms with Gasteiger partial charge in [-0.2, -0.15) is 0 Å². The fourth-order valence-corrected chi connectivity index (χ4v) is 2.04. The Labute approximate surface area is 107 Å². The molecule has 0 radical (unpaired) electrons. The lowest BCUT2D eigenvalue weighted by Gasteiger charge is -2.24. The number of esters is 1. The minimum Gasteiger partial charge on any atom is -0.462 e. The molecule has 2 rings (SSSR count). The van der Waals surface area contributed by atoms with Crippen LogP contribution in [0.3, 0.4) is 0 Å². The van der Waals surface area contributed by atoms with E-state index in [0.717, 1.165) is 31.7 Å². The highest BCUT2D eigenvalue weighted by molar-refractivity contribution is 5.90. The molecule has 1 aliphatic heterocycles. The fourth-order valence-electron chi connectivity index (χ4n) is 2.04. The predicted molar refractivity (Wildman–Crippen MR) is 69.9 cm³/mol. The number of nitrogens with one attached hydrogen (secondary N) is 1. The van der Waals surface area contributed by atoms with Gasteiger partial charge in [-0.1, -0.05) is 6.07 Å². The average molecular weight is 249 g/mol. The first-order valence-electron chi connectivity index (χ1n) is 6.41. The third-order valence-corrected chi connectivity index (χ3v) is 2.90. The Kier molecular flexibility index (Phi) is 4.59. The van der Waals surface area contributed by atoms with Crippen LogP contribution in [-0.2, 0) is 9.47 Å². The first kappa shape index (κ1) is 12.9. The SMILES string of the molecule is CCOC(=O)c1cccc(NC2CCCOC2)c1. The molecule has 4 nitrogen and oxygen atoms in total. The van der Waals surface area contributed by atoms with Crippen molar-refractivity contribution in [2.45, 2.75) is 25.8 Å². The minimum absolute atomic E-state index is 0.277. The van der Waals surface area contributed by atoms with Crippen molar-refractivity contribution in [1.82, 2.24) is 0 Å². The van der Waals surface area contributed by atoms with E-state index < -0.39 is 0 Å². The van der Waals surface area contributed by atoms with Crippen molar-refractivity contribution in [3.63, 3.8) is 0 Å². The molecule has 1 fully saturated rings. The second-order valence-corrected chi connectivity index (χ2v) is 4.36. The number of benzene rings is 1. The third kappa shape index (κ3) is 3.47. The molecule has 0 saturated carbocycles. The molecule has 1 aliphatic rings. The first-order chi connectivity index (χ1) is 8.79. The lowest BCUT2D eigenvalue weighted by atomic mass is 10.1. The summed E-state index contributed by atoms with van der Waals surface area (Å²) in [5, 5.41) is 3.39. The molecule has 1 unspecified atom stereocenters. The molecule has 18 heavy (non-hydrogen) atoms. The van der Waals surface area contributed by atoms with Crippen LogP contribution in [0, 0.1) is 0 Å². The smallest absolute Gasteiger partial charge is 0.338 e. The zero-order chi connectivity index (χ0) is 12.8. The van der Waals surface area contributed by atoms with Crippen LogP contribution in [0.1, 0.15) is 30.1 Å². The Hall–Kier alpha value is -1.55. The van der Waals surface area contributed by atoms with Crippen LogP contribution in [0.2, 0.25) is 0 Å². The summed E-state index contributed by atoms with van der Waals surface area (Å²) in [6.07, 6.45) is 2.18. The van der Waals surface area contributed by atoms with E-state index in [9.17, 15) is 4.79 Å². The van der Waals surface area contributed by atoms with Crippen LogP contribution in [-0.4, -0.2) is 31.8 Å². The van der Waals surface area contributed by atoms with Crippen LogP contribution in [0.25, 0.3) is 0 Å². The van der Waals surface area contributed by atoms with Crippen molar-refractivity contribution in [2.24, 2.45) is 0 Å². The van der Waals surface area contributed by atoms with Gasteiger partial charge in [0.25, 0.3) is 0 Å². The molecule has 1 aromatic carbocycles. The molecule has 1 aromatic rings. The van der Waals surface area contributed by atoms with Gasteiger partial charge in [-0.15, -0.1) is 0 Å². The van der Waals surface area contributed by atoms with Crippen LogP contribution in [0.4, 0.5) is 5.69 Å². The Balaban J connectivity index is 2.00. The molecule has 0 amide bonds. The van der Waals surface area contributed by atoms with E-state index in [1.165, 1.54) is 0 Å². The number of anilines is 1. The molecule has 0 bridgehead atoms. The van der Waals surface area contributed by atoms with Gasteiger partial charge in [-0.3, -0.25) is 0 Å². The third-order valence-electron chi connectivity index (χ3n) is 2.90. The zero-order valence-corrected chi connectivity index (χ0v) is 10.6. The van der Waals surface area contributed by atoms with Crippen molar-refractivity contribution in [3.05, 3.63) is 29.8 Å². The molecule has 4 heteroatoms. The van der Waals surface area contributed by atoms with E-state index in [2.05, 4.69) is 5.32 Å². The van der Waals surface area contributed by atoms with E-state index in [4.69, 9.17) is 9.47 Å². The summed E-state index contributed by atoms with van der Waals surface area (Å²) >= 11 is 0. The Morgan fingerprint density at radius 3 is 3.17 bits per heavy atom. The van der Waals surface area contributed by atoms with Gasteiger partial charge in [0, 0.05) is 18.3 Å². The van der Waals surface area contributed by atoms with Gasteiger partial charge in [0.1, 0.15) is 0 Å². The number of ether oxygens (including phenoxy) is 2. The van der Waals surface area contributed by atoms with E-state index in [-0.39, 0.29) is 5.97 Å². The summed E-state index contributed by atoms with van der Waals surface area (Å²) in [5.74, 6) is -0.277. The zero-order valence-electron chi connectivity index (χ0n) is 10.6. The number of carbonyl (C=O) groups is 1. The Morgan fingerprint density at radius 1 is 1.56 bits per heavy atom. The highest BCUT2D eigenvalue weighted by Gasteiger charge is 2.14. The molecule has 0 aliphatic carbocycles. The second-order valence-electron chi connectivity index (χ2n) is 4.36. The number of carbonyl (C=O) groups excluding carboxylic acids is 1. The van der Waals surface area contributed by atoms with E-state index in [0.29, 0.717) is 18.2 Å². The van der Waals surface area contributed by atoms with Gasteiger partial charge in [-0.05, 0) is 38.0 Å². The maximum Gasteiger partial charge on any atom is 0.338 e. The normalized spacial score (nSPS) is 19.3. The molecule has 1 atom stereocenters. The van der Waals surface area contributed by atoms with Gasteiger partial charge < -0.3 is 14.8 Å². The topological polar surface area (TPSA) is 47.6 Å². The van der Waals surface area contributed by atoms with Gasteiger partial charge in [0.05, 0.1) is 18.8 Å². The average Bonchev–Trinajstić information content (AvgIpc) is 2.40. The van der Waals surface area contributed by atoms with E-state index in [1.807, 2.05) is 18.2 Å². The summed E-state index contributed by atoms with van der Waals surface area (Å²) in [5.41, 5.74) is 1.52. The second kappa shape index (κ2) is 6.40. The van der Waals surface area contributed by atoms with Gasteiger partial charge in [0.15, 0.2) is 0 Å². The molecule has 1 saturated heterocycles. The van der Waals surface area contributed by atoms with Crippen LogP contribution in [0.5, 0.6) is 0 Å². The van der Waals surface area contributed by atoms with E-state index in [1.54, 1.807) is 13.0 Å². The van der Waals surface area contributed by atoms with Crippen LogP contribution < -0.4 is 5.32 Å². The Bertz CT molecular complexity index is 400. The molecule has 98 valence electrons. The maximum absolute atomic E-state index is 11.6. The van der Waals surface area contributed by atoms with Crippen molar-refractivity contribution in [2.75, 3.05) is 25.1 Å². The van der Waals surface area contributed by atoms with Crippen LogP contribution in [0.15, 0.2) is 24.3 Å². The van der Waals surface area contributed by atoms with Crippen molar-refractivity contribution < 1.29 is 14.3 Å².